The van der Waals surface area contributed by atoms with Gasteiger partial charge in [-0.25, -0.2) is 0 Å². The van der Waals surface area contributed by atoms with Crippen LogP contribution in [0.15, 0.2) is 43.0 Å². The number of carbonyl (C=O) groups is 1. The Morgan fingerprint density at radius 1 is 1.24 bits per heavy atom. The lowest BCUT2D eigenvalue weighted by Crippen LogP contribution is -2.53. The molecule has 3 heterocycles. The van der Waals surface area contributed by atoms with E-state index in [1.807, 2.05) is 17.0 Å². The Hall–Kier alpha value is -2.38. The van der Waals surface area contributed by atoms with Gasteiger partial charge in [0.05, 0.1) is 43.3 Å². The Kier molecular flexibility index (Phi) is 4.67. The molecule has 2 aromatic rings. The van der Waals surface area contributed by atoms with Crippen LogP contribution < -0.4 is 0 Å². The molecule has 0 radical (unpaired) electrons. The molecule has 0 N–H and O–H groups in total. The Balaban J connectivity index is 1.42. The number of hydrogen-bond acceptors (Lipinski definition) is 6. The first-order valence-electron chi connectivity index (χ1n) is 8.53. The van der Waals surface area contributed by atoms with E-state index in [0.29, 0.717) is 25.3 Å². The molecule has 7 heteroatoms. The molecule has 25 heavy (non-hydrogen) atoms. The molecule has 2 fully saturated rings. The van der Waals surface area contributed by atoms with Gasteiger partial charge in [0.1, 0.15) is 6.10 Å². The maximum absolute atomic E-state index is 12.8. The maximum Gasteiger partial charge on any atom is 0.255 e. The minimum atomic E-state index is -0.0795. The summed E-state index contributed by atoms with van der Waals surface area (Å²) in [5.74, 6) is -0.0129. The first-order chi connectivity index (χ1) is 12.3. The van der Waals surface area contributed by atoms with Gasteiger partial charge < -0.3 is 14.4 Å². The number of amides is 1. The molecule has 3 atom stereocenters. The highest BCUT2D eigenvalue weighted by Crippen LogP contribution is 2.33. The monoisotopic (exact) mass is 340 g/mol. The van der Waals surface area contributed by atoms with E-state index < -0.39 is 0 Å². The smallest absolute Gasteiger partial charge is 0.255 e. The molecule has 0 aromatic carbocycles. The molecule has 0 spiro atoms. The van der Waals surface area contributed by atoms with Gasteiger partial charge in [-0.1, -0.05) is 6.07 Å². The average Bonchev–Trinajstić information content (AvgIpc) is 3.10. The zero-order valence-electron chi connectivity index (χ0n) is 13.8. The summed E-state index contributed by atoms with van der Waals surface area (Å²) >= 11 is 0. The van der Waals surface area contributed by atoms with E-state index in [1.165, 1.54) is 6.20 Å². The number of fused-ring (bicyclic) bond motifs is 1. The fraction of sp³-hybridized carbons (Fsp3) is 0.444. The molecule has 1 aliphatic heterocycles. The summed E-state index contributed by atoms with van der Waals surface area (Å²) in [4.78, 5) is 18.8. The van der Waals surface area contributed by atoms with Crippen molar-refractivity contribution in [1.29, 1.82) is 0 Å². The topological polar surface area (TPSA) is 77.4 Å². The predicted octanol–water partition coefficient (Wildman–Crippen LogP) is 1.46. The summed E-state index contributed by atoms with van der Waals surface area (Å²) in [6.07, 6.45) is 8.29. The summed E-state index contributed by atoms with van der Waals surface area (Å²) in [6.45, 7) is 1.63. The maximum atomic E-state index is 12.8. The third-order valence-corrected chi connectivity index (χ3v) is 4.81. The zero-order valence-corrected chi connectivity index (χ0v) is 13.8. The first-order valence-corrected chi connectivity index (χ1v) is 8.53. The van der Waals surface area contributed by atoms with Gasteiger partial charge in [0.15, 0.2) is 0 Å². The van der Waals surface area contributed by atoms with Crippen molar-refractivity contribution >= 4 is 5.91 Å². The highest BCUT2D eigenvalue weighted by molar-refractivity contribution is 5.94. The van der Waals surface area contributed by atoms with Crippen molar-refractivity contribution in [3.63, 3.8) is 0 Å². The van der Waals surface area contributed by atoms with E-state index in [2.05, 4.69) is 15.2 Å². The molecule has 1 amide bonds. The number of morpholine rings is 1. The van der Waals surface area contributed by atoms with Gasteiger partial charge in [-0.3, -0.25) is 9.78 Å². The molecule has 2 aliphatic rings. The minimum absolute atomic E-state index is 0.00336. The number of hydrogen-bond donors (Lipinski definition) is 0. The van der Waals surface area contributed by atoms with Crippen molar-refractivity contribution in [2.24, 2.45) is 0 Å². The lowest BCUT2D eigenvalue weighted by molar-refractivity contribution is -0.108. The highest BCUT2D eigenvalue weighted by atomic mass is 16.5. The fourth-order valence-corrected chi connectivity index (χ4v) is 3.62. The van der Waals surface area contributed by atoms with Crippen molar-refractivity contribution in [3.8, 4) is 0 Å². The highest BCUT2D eigenvalue weighted by Gasteiger charge is 2.45. The standard InChI is InChI=1S/C18H20N4O3/c23-18(14-5-7-20-21-11-14)22-8-9-24-17-15(22)3-4-16(17)25-12-13-2-1-6-19-10-13/h1-2,5-7,10-11,15-17H,3-4,8-9,12H2/t15-,16+,17+/m0/s1. The van der Waals surface area contributed by atoms with E-state index in [1.54, 1.807) is 24.7 Å². The van der Waals surface area contributed by atoms with Crippen LogP contribution in [0.4, 0.5) is 0 Å². The number of aromatic nitrogens is 3. The summed E-state index contributed by atoms with van der Waals surface area (Å²) in [5.41, 5.74) is 1.60. The molecule has 7 nitrogen and oxygen atoms in total. The van der Waals surface area contributed by atoms with Crippen molar-refractivity contribution in [1.82, 2.24) is 20.1 Å². The summed E-state index contributed by atoms with van der Waals surface area (Å²) in [5, 5.41) is 7.54. The van der Waals surface area contributed by atoms with Crippen LogP contribution in [0, 0.1) is 0 Å². The molecule has 0 bridgehead atoms. The van der Waals surface area contributed by atoms with Crippen LogP contribution in [-0.4, -0.2) is 57.4 Å². The minimum Gasteiger partial charge on any atom is -0.372 e. The molecule has 2 aromatic heterocycles. The number of ether oxygens (including phenoxy) is 2. The Morgan fingerprint density at radius 3 is 3.00 bits per heavy atom. The lowest BCUT2D eigenvalue weighted by atomic mass is 10.1. The normalized spacial score (nSPS) is 25.6. The summed E-state index contributed by atoms with van der Waals surface area (Å²) in [6, 6.07) is 5.64. The van der Waals surface area contributed by atoms with Gasteiger partial charge in [0, 0.05) is 18.9 Å². The van der Waals surface area contributed by atoms with Crippen molar-refractivity contribution in [2.75, 3.05) is 13.2 Å². The van der Waals surface area contributed by atoms with Crippen LogP contribution in [-0.2, 0) is 16.1 Å². The van der Waals surface area contributed by atoms with Crippen LogP contribution in [0.5, 0.6) is 0 Å². The van der Waals surface area contributed by atoms with Crippen molar-refractivity contribution < 1.29 is 14.3 Å². The molecule has 1 saturated heterocycles. The van der Waals surface area contributed by atoms with Gasteiger partial charge in [0.25, 0.3) is 5.91 Å². The van der Waals surface area contributed by atoms with Gasteiger partial charge in [-0.15, -0.1) is 0 Å². The van der Waals surface area contributed by atoms with Gasteiger partial charge >= 0.3 is 0 Å². The van der Waals surface area contributed by atoms with Gasteiger partial charge in [0.2, 0.25) is 0 Å². The molecule has 4 rings (SSSR count). The van der Waals surface area contributed by atoms with Gasteiger partial charge in [-0.2, -0.15) is 10.2 Å². The van der Waals surface area contributed by atoms with Gasteiger partial charge in [-0.05, 0) is 30.5 Å². The van der Waals surface area contributed by atoms with Crippen LogP contribution in [0.2, 0.25) is 0 Å². The Morgan fingerprint density at radius 2 is 2.20 bits per heavy atom. The molecular weight excluding hydrogens is 320 g/mol. The molecule has 1 aliphatic carbocycles. The molecular formula is C18H20N4O3. The molecule has 1 saturated carbocycles. The third kappa shape index (κ3) is 3.38. The average molecular weight is 340 g/mol. The summed E-state index contributed by atoms with van der Waals surface area (Å²) < 4.78 is 12.0. The van der Waals surface area contributed by atoms with Crippen molar-refractivity contribution in [2.45, 2.75) is 37.7 Å². The fourth-order valence-electron chi connectivity index (χ4n) is 3.62. The SMILES string of the molecule is O=C(c1ccnnc1)N1CCO[C@H]2[C@H](OCc3cccnc3)CC[C@@H]21. The largest absolute Gasteiger partial charge is 0.372 e. The van der Waals surface area contributed by atoms with Crippen LogP contribution in [0.1, 0.15) is 28.8 Å². The van der Waals surface area contributed by atoms with Crippen LogP contribution in [0.3, 0.4) is 0 Å². The van der Waals surface area contributed by atoms with E-state index >= 15 is 0 Å². The number of nitrogens with zero attached hydrogens (tertiary/aromatic N) is 4. The van der Waals surface area contributed by atoms with E-state index in [0.717, 1.165) is 18.4 Å². The molecule has 0 unspecified atom stereocenters. The number of carbonyl (C=O) groups excluding carboxylic acids is 1. The number of rotatable bonds is 4. The lowest BCUT2D eigenvalue weighted by Gasteiger charge is -2.39. The second kappa shape index (κ2) is 7.25. The van der Waals surface area contributed by atoms with Crippen LogP contribution >= 0.6 is 0 Å². The quantitative estimate of drug-likeness (QED) is 0.839. The van der Waals surface area contributed by atoms with E-state index in [4.69, 9.17) is 9.47 Å². The van der Waals surface area contributed by atoms with E-state index in [9.17, 15) is 4.79 Å². The summed E-state index contributed by atoms with van der Waals surface area (Å²) in [7, 11) is 0. The third-order valence-electron chi connectivity index (χ3n) is 4.81. The second-order valence-corrected chi connectivity index (χ2v) is 6.32. The first kappa shape index (κ1) is 16.1. The van der Waals surface area contributed by atoms with Crippen molar-refractivity contribution in [3.05, 3.63) is 54.1 Å². The Bertz CT molecular complexity index is 713. The number of pyridine rings is 1. The Labute approximate surface area is 146 Å². The molecule has 130 valence electrons. The van der Waals surface area contributed by atoms with Crippen LogP contribution in [0.25, 0.3) is 0 Å². The second-order valence-electron chi connectivity index (χ2n) is 6.32. The predicted molar refractivity (Wildman–Crippen MR) is 88.6 cm³/mol. The zero-order chi connectivity index (χ0) is 17.1. The van der Waals surface area contributed by atoms with E-state index in [-0.39, 0.29) is 24.2 Å².